The van der Waals surface area contributed by atoms with E-state index in [4.69, 9.17) is 9.47 Å². The van der Waals surface area contributed by atoms with Crippen LogP contribution in [0.5, 0.6) is 5.75 Å². The smallest absolute Gasteiger partial charge is 0.329 e. The molecule has 0 unspecified atom stereocenters. The van der Waals surface area contributed by atoms with Gasteiger partial charge in [0.25, 0.3) is 0 Å². The Balaban J connectivity index is 1.98. The lowest BCUT2D eigenvalue weighted by Gasteiger charge is -2.23. The zero-order chi connectivity index (χ0) is 21.4. The van der Waals surface area contributed by atoms with Gasteiger partial charge in [-0.1, -0.05) is 32.0 Å². The minimum absolute atomic E-state index is 0.229. The topological polar surface area (TPSA) is 93.7 Å². The maximum absolute atomic E-state index is 12.6. The zero-order valence-corrected chi connectivity index (χ0v) is 17.0. The Bertz CT molecular complexity index is 834. The van der Waals surface area contributed by atoms with Crippen LogP contribution in [0.1, 0.15) is 31.1 Å². The first-order valence-corrected chi connectivity index (χ1v) is 9.33. The van der Waals surface area contributed by atoms with Crippen molar-refractivity contribution in [1.29, 1.82) is 0 Å². The van der Waals surface area contributed by atoms with Gasteiger partial charge in [0.15, 0.2) is 6.10 Å². The van der Waals surface area contributed by atoms with Crippen LogP contribution >= 0.6 is 0 Å². The Morgan fingerprint density at radius 1 is 0.897 bits per heavy atom. The molecule has 2 atom stereocenters. The summed E-state index contributed by atoms with van der Waals surface area (Å²) in [6.07, 6.45) is -0.990. The molecule has 154 valence electrons. The number of carbonyl (C=O) groups is 3. The second-order valence-electron chi connectivity index (χ2n) is 6.86. The number of carbonyl (C=O) groups excluding carboxylic acids is 3. The largest absolute Gasteiger partial charge is 0.497 e. The summed E-state index contributed by atoms with van der Waals surface area (Å²) in [5, 5.41) is 5.27. The minimum atomic E-state index is -0.990. The molecule has 7 heteroatoms. The van der Waals surface area contributed by atoms with Crippen molar-refractivity contribution in [3.05, 3.63) is 60.2 Å². The molecule has 0 aliphatic rings. The number of esters is 1. The van der Waals surface area contributed by atoms with E-state index in [2.05, 4.69) is 10.6 Å². The molecule has 0 aliphatic carbocycles. The number of para-hydroxylation sites is 1. The van der Waals surface area contributed by atoms with Crippen LogP contribution in [0.4, 0.5) is 10.5 Å². The standard InChI is InChI=1S/C22H26N2O5/c1-14(2)19(24-22(27)23-17-8-6-5-7-9-17)21(26)29-15(3)20(25)16-10-12-18(28-4)13-11-16/h5-15,19H,1-4H3,(H2,23,24,27)/t15-,19-/m1/s1. The summed E-state index contributed by atoms with van der Waals surface area (Å²) in [6, 6.07) is 14.0. The molecule has 0 bridgehead atoms. The van der Waals surface area contributed by atoms with Crippen molar-refractivity contribution >= 4 is 23.5 Å². The molecule has 0 aliphatic heterocycles. The summed E-state index contributed by atoms with van der Waals surface area (Å²) in [7, 11) is 1.54. The molecular weight excluding hydrogens is 372 g/mol. The van der Waals surface area contributed by atoms with Gasteiger partial charge in [0.1, 0.15) is 11.8 Å². The fraction of sp³-hybridized carbons (Fsp3) is 0.318. The van der Waals surface area contributed by atoms with Gasteiger partial charge < -0.3 is 20.1 Å². The Kier molecular flexibility index (Phi) is 7.77. The highest BCUT2D eigenvalue weighted by molar-refractivity contribution is 6.00. The average molecular weight is 398 g/mol. The lowest BCUT2D eigenvalue weighted by Crippen LogP contribution is -2.48. The first kappa shape index (κ1) is 21.9. The van der Waals surface area contributed by atoms with Crippen LogP contribution < -0.4 is 15.4 Å². The first-order valence-electron chi connectivity index (χ1n) is 9.33. The highest BCUT2D eigenvalue weighted by atomic mass is 16.5. The molecule has 0 radical (unpaired) electrons. The second-order valence-corrected chi connectivity index (χ2v) is 6.86. The van der Waals surface area contributed by atoms with E-state index < -0.39 is 24.1 Å². The number of Topliss-reactive ketones (excluding diaryl/α,β-unsaturated/α-hetero) is 1. The number of rotatable bonds is 8. The van der Waals surface area contributed by atoms with Crippen LogP contribution in [0.25, 0.3) is 0 Å². The summed E-state index contributed by atoms with van der Waals surface area (Å²) in [6.45, 7) is 5.07. The van der Waals surface area contributed by atoms with Gasteiger partial charge in [-0.05, 0) is 49.2 Å². The van der Waals surface area contributed by atoms with E-state index in [1.807, 2.05) is 6.07 Å². The van der Waals surface area contributed by atoms with Gasteiger partial charge in [-0.3, -0.25) is 4.79 Å². The number of nitrogens with one attached hydrogen (secondary N) is 2. The molecule has 2 amide bonds. The minimum Gasteiger partial charge on any atom is -0.497 e. The second kappa shape index (κ2) is 10.3. The number of urea groups is 1. The van der Waals surface area contributed by atoms with Gasteiger partial charge >= 0.3 is 12.0 Å². The molecule has 0 saturated heterocycles. The lowest BCUT2D eigenvalue weighted by atomic mass is 10.0. The Morgan fingerprint density at radius 2 is 1.52 bits per heavy atom. The van der Waals surface area contributed by atoms with E-state index >= 15 is 0 Å². The van der Waals surface area contributed by atoms with Crippen molar-refractivity contribution in [1.82, 2.24) is 5.32 Å². The summed E-state index contributed by atoms with van der Waals surface area (Å²) in [5.74, 6) is -0.609. The normalized spacial score (nSPS) is 12.6. The maximum Gasteiger partial charge on any atom is 0.329 e. The highest BCUT2D eigenvalue weighted by Gasteiger charge is 2.29. The third-order valence-electron chi connectivity index (χ3n) is 4.28. The molecule has 0 fully saturated rings. The SMILES string of the molecule is COc1ccc(C(=O)[C@@H](C)OC(=O)[C@H](NC(=O)Nc2ccccc2)C(C)C)cc1. The molecule has 0 spiro atoms. The fourth-order valence-corrected chi connectivity index (χ4v) is 2.62. The average Bonchev–Trinajstić information content (AvgIpc) is 2.71. The molecular formula is C22H26N2O5. The summed E-state index contributed by atoms with van der Waals surface area (Å²) in [4.78, 5) is 37.3. The third-order valence-corrected chi connectivity index (χ3v) is 4.28. The van der Waals surface area contributed by atoms with Crippen molar-refractivity contribution in [2.75, 3.05) is 12.4 Å². The number of hydrogen-bond acceptors (Lipinski definition) is 5. The van der Waals surface area contributed by atoms with Gasteiger partial charge in [-0.15, -0.1) is 0 Å². The number of amides is 2. The van der Waals surface area contributed by atoms with Crippen molar-refractivity contribution in [2.24, 2.45) is 5.92 Å². The lowest BCUT2D eigenvalue weighted by molar-refractivity contribution is -0.149. The number of benzene rings is 2. The predicted molar refractivity (Wildman–Crippen MR) is 110 cm³/mol. The molecule has 29 heavy (non-hydrogen) atoms. The van der Waals surface area contributed by atoms with Crippen LogP contribution in [0.2, 0.25) is 0 Å². The van der Waals surface area contributed by atoms with Gasteiger partial charge in [-0.2, -0.15) is 0 Å². The van der Waals surface area contributed by atoms with Gasteiger partial charge in [0.2, 0.25) is 5.78 Å². The van der Waals surface area contributed by atoms with Gasteiger partial charge in [-0.25, -0.2) is 9.59 Å². The van der Waals surface area contributed by atoms with E-state index in [1.165, 1.54) is 14.0 Å². The van der Waals surface area contributed by atoms with Crippen LogP contribution in [-0.2, 0) is 9.53 Å². The molecule has 2 N–H and O–H groups in total. The molecule has 0 heterocycles. The molecule has 0 saturated carbocycles. The van der Waals surface area contributed by atoms with Crippen LogP contribution in [0, 0.1) is 5.92 Å². The van der Waals surface area contributed by atoms with Gasteiger partial charge in [0.05, 0.1) is 7.11 Å². The summed E-state index contributed by atoms with van der Waals surface area (Å²) < 4.78 is 10.4. The predicted octanol–water partition coefficient (Wildman–Crippen LogP) is 3.66. The van der Waals surface area contributed by atoms with E-state index in [0.29, 0.717) is 17.0 Å². The quantitative estimate of drug-likeness (QED) is 0.523. The van der Waals surface area contributed by atoms with Crippen molar-refractivity contribution < 1.29 is 23.9 Å². The van der Waals surface area contributed by atoms with Crippen LogP contribution in [-0.4, -0.2) is 37.0 Å². The van der Waals surface area contributed by atoms with Crippen LogP contribution in [0.3, 0.4) is 0 Å². The Hall–Kier alpha value is -3.35. The number of hydrogen-bond donors (Lipinski definition) is 2. The Morgan fingerprint density at radius 3 is 2.07 bits per heavy atom. The number of anilines is 1. The fourth-order valence-electron chi connectivity index (χ4n) is 2.62. The van der Waals surface area contributed by atoms with Crippen molar-refractivity contribution in [3.63, 3.8) is 0 Å². The monoisotopic (exact) mass is 398 g/mol. The van der Waals surface area contributed by atoms with E-state index in [0.717, 1.165) is 0 Å². The van der Waals surface area contributed by atoms with Crippen molar-refractivity contribution in [2.45, 2.75) is 32.9 Å². The van der Waals surface area contributed by atoms with E-state index in [9.17, 15) is 14.4 Å². The van der Waals surface area contributed by atoms with E-state index in [-0.39, 0.29) is 11.7 Å². The Labute approximate surface area is 170 Å². The summed E-state index contributed by atoms with van der Waals surface area (Å²) in [5.41, 5.74) is 1.01. The zero-order valence-electron chi connectivity index (χ0n) is 17.0. The van der Waals surface area contributed by atoms with E-state index in [1.54, 1.807) is 62.4 Å². The number of ether oxygens (including phenoxy) is 2. The van der Waals surface area contributed by atoms with Crippen molar-refractivity contribution in [3.8, 4) is 5.75 Å². The van der Waals surface area contributed by atoms with Gasteiger partial charge in [0, 0.05) is 11.3 Å². The molecule has 7 nitrogen and oxygen atoms in total. The van der Waals surface area contributed by atoms with Crippen LogP contribution in [0.15, 0.2) is 54.6 Å². The third kappa shape index (κ3) is 6.34. The molecule has 2 aromatic rings. The molecule has 2 aromatic carbocycles. The first-order chi connectivity index (χ1) is 13.8. The molecule has 2 rings (SSSR count). The molecule has 0 aromatic heterocycles. The maximum atomic E-state index is 12.6. The number of methoxy groups -OCH3 is 1. The number of ketones is 1. The summed E-state index contributed by atoms with van der Waals surface area (Å²) >= 11 is 0. The highest BCUT2D eigenvalue weighted by Crippen LogP contribution is 2.15.